The van der Waals surface area contributed by atoms with Crippen molar-refractivity contribution in [3.05, 3.63) is 52.6 Å². The molecule has 0 atom stereocenters. The summed E-state index contributed by atoms with van der Waals surface area (Å²) in [6.45, 7) is 10.5. The van der Waals surface area contributed by atoms with Gasteiger partial charge in [-0.1, -0.05) is 25.1 Å². The fourth-order valence-corrected chi connectivity index (χ4v) is 2.62. The van der Waals surface area contributed by atoms with Crippen molar-refractivity contribution in [1.29, 1.82) is 0 Å². The zero-order valence-corrected chi connectivity index (χ0v) is 13.7. The zero-order valence-electron chi connectivity index (χ0n) is 13.7. The Bertz CT molecular complexity index is 632. The predicted molar refractivity (Wildman–Crippen MR) is 90.0 cm³/mol. The van der Waals surface area contributed by atoms with E-state index < -0.39 is 0 Å². The van der Waals surface area contributed by atoms with Gasteiger partial charge in [-0.3, -0.25) is 0 Å². The molecular weight excluding hydrogens is 258 g/mol. The lowest BCUT2D eigenvalue weighted by atomic mass is 9.92. The van der Waals surface area contributed by atoms with Crippen molar-refractivity contribution in [1.82, 2.24) is 5.32 Å². The third kappa shape index (κ3) is 3.45. The van der Waals surface area contributed by atoms with E-state index >= 15 is 0 Å². The molecule has 0 aromatic heterocycles. The van der Waals surface area contributed by atoms with Gasteiger partial charge in [-0.25, -0.2) is 0 Å². The first-order valence-corrected chi connectivity index (χ1v) is 7.52. The number of benzene rings is 2. The van der Waals surface area contributed by atoms with Crippen LogP contribution >= 0.6 is 0 Å². The second kappa shape index (κ2) is 6.77. The van der Waals surface area contributed by atoms with Crippen molar-refractivity contribution in [2.24, 2.45) is 0 Å². The quantitative estimate of drug-likeness (QED) is 0.878. The van der Waals surface area contributed by atoms with Crippen molar-refractivity contribution in [2.75, 3.05) is 13.7 Å². The Morgan fingerprint density at radius 3 is 2.29 bits per heavy atom. The molecule has 2 nitrogen and oxygen atoms in total. The predicted octanol–water partition coefficient (Wildman–Crippen LogP) is 4.40. The molecule has 0 bridgehead atoms. The summed E-state index contributed by atoms with van der Waals surface area (Å²) in [4.78, 5) is 0. The summed E-state index contributed by atoms with van der Waals surface area (Å²) >= 11 is 0. The molecule has 0 aliphatic rings. The summed E-state index contributed by atoms with van der Waals surface area (Å²) in [7, 11) is 1.72. The molecule has 0 heterocycles. The Balaban J connectivity index is 2.54. The van der Waals surface area contributed by atoms with Crippen LogP contribution in [0.5, 0.6) is 5.75 Å². The molecule has 0 fully saturated rings. The number of aryl methyl sites for hydroxylation is 3. The van der Waals surface area contributed by atoms with Crippen LogP contribution in [0.25, 0.3) is 11.1 Å². The topological polar surface area (TPSA) is 21.3 Å². The lowest BCUT2D eigenvalue weighted by molar-refractivity contribution is 0.414. The van der Waals surface area contributed by atoms with Gasteiger partial charge in [0.1, 0.15) is 5.75 Å². The first-order chi connectivity index (χ1) is 10.1. The van der Waals surface area contributed by atoms with Gasteiger partial charge in [0.15, 0.2) is 0 Å². The zero-order chi connectivity index (χ0) is 15.4. The summed E-state index contributed by atoms with van der Waals surface area (Å²) in [5.74, 6) is 0.910. The van der Waals surface area contributed by atoms with E-state index in [1.807, 2.05) is 6.07 Å². The van der Waals surface area contributed by atoms with Crippen molar-refractivity contribution in [2.45, 2.75) is 34.2 Å². The van der Waals surface area contributed by atoms with Crippen LogP contribution in [-0.4, -0.2) is 13.7 Å². The highest BCUT2D eigenvalue weighted by atomic mass is 16.5. The fraction of sp³-hybridized carbons (Fsp3) is 0.368. The maximum atomic E-state index is 5.37. The number of methoxy groups -OCH3 is 1. The average Bonchev–Trinajstić information content (AvgIpc) is 2.48. The summed E-state index contributed by atoms with van der Waals surface area (Å²) in [5.41, 5.74) is 7.88. The minimum absolute atomic E-state index is 0.857. The number of hydrogen-bond donors (Lipinski definition) is 1. The molecule has 2 aromatic rings. The molecule has 21 heavy (non-hydrogen) atoms. The minimum Gasteiger partial charge on any atom is -0.497 e. The van der Waals surface area contributed by atoms with E-state index in [0.29, 0.717) is 0 Å². The standard InChI is InChI=1S/C19H25NO/c1-6-20-12-16-11-17(21-5)7-8-18(16)19-10-14(3)13(2)9-15(19)4/h7-11,20H,6,12H2,1-5H3. The third-order valence-electron chi connectivity index (χ3n) is 4.01. The minimum atomic E-state index is 0.857. The van der Waals surface area contributed by atoms with Gasteiger partial charge in [0, 0.05) is 6.54 Å². The van der Waals surface area contributed by atoms with Crippen LogP contribution in [0.4, 0.5) is 0 Å². The van der Waals surface area contributed by atoms with Crippen LogP contribution in [0.2, 0.25) is 0 Å². The average molecular weight is 283 g/mol. The highest BCUT2D eigenvalue weighted by Gasteiger charge is 2.10. The normalized spacial score (nSPS) is 10.7. The molecule has 2 rings (SSSR count). The molecule has 0 spiro atoms. The fourth-order valence-electron chi connectivity index (χ4n) is 2.62. The Kier molecular flexibility index (Phi) is 5.03. The summed E-state index contributed by atoms with van der Waals surface area (Å²) < 4.78 is 5.37. The van der Waals surface area contributed by atoms with Crippen LogP contribution in [0.15, 0.2) is 30.3 Å². The van der Waals surface area contributed by atoms with Crippen LogP contribution in [0.1, 0.15) is 29.2 Å². The van der Waals surface area contributed by atoms with E-state index in [-0.39, 0.29) is 0 Å². The van der Waals surface area contributed by atoms with Gasteiger partial charge in [-0.15, -0.1) is 0 Å². The second-order valence-electron chi connectivity index (χ2n) is 5.55. The molecule has 0 saturated heterocycles. The molecule has 0 aliphatic heterocycles. The molecule has 112 valence electrons. The van der Waals surface area contributed by atoms with Crippen LogP contribution < -0.4 is 10.1 Å². The SMILES string of the molecule is CCNCc1cc(OC)ccc1-c1cc(C)c(C)cc1C. The first kappa shape index (κ1) is 15.6. The smallest absolute Gasteiger partial charge is 0.119 e. The molecule has 0 unspecified atom stereocenters. The van der Waals surface area contributed by atoms with E-state index in [0.717, 1.165) is 18.8 Å². The number of rotatable bonds is 5. The van der Waals surface area contributed by atoms with E-state index in [1.54, 1.807) is 7.11 Å². The molecular formula is C19H25NO. The van der Waals surface area contributed by atoms with Gasteiger partial charge in [-0.05, 0) is 72.8 Å². The van der Waals surface area contributed by atoms with Crippen LogP contribution in [0, 0.1) is 20.8 Å². The summed E-state index contributed by atoms with van der Waals surface area (Å²) in [6.07, 6.45) is 0. The third-order valence-corrected chi connectivity index (χ3v) is 4.01. The lowest BCUT2D eigenvalue weighted by Crippen LogP contribution is -2.12. The van der Waals surface area contributed by atoms with Gasteiger partial charge in [0.05, 0.1) is 7.11 Å². The van der Waals surface area contributed by atoms with E-state index in [9.17, 15) is 0 Å². The van der Waals surface area contributed by atoms with Crippen LogP contribution in [0.3, 0.4) is 0 Å². The van der Waals surface area contributed by atoms with Gasteiger partial charge in [0.25, 0.3) is 0 Å². The largest absolute Gasteiger partial charge is 0.497 e. The number of ether oxygens (including phenoxy) is 1. The Morgan fingerprint density at radius 1 is 0.905 bits per heavy atom. The highest BCUT2D eigenvalue weighted by molar-refractivity contribution is 5.72. The molecule has 2 aromatic carbocycles. The number of hydrogen-bond acceptors (Lipinski definition) is 2. The molecule has 0 aliphatic carbocycles. The van der Waals surface area contributed by atoms with Gasteiger partial charge < -0.3 is 10.1 Å². The van der Waals surface area contributed by atoms with Gasteiger partial charge >= 0.3 is 0 Å². The molecule has 0 radical (unpaired) electrons. The second-order valence-corrected chi connectivity index (χ2v) is 5.55. The lowest BCUT2D eigenvalue weighted by Gasteiger charge is -2.16. The molecule has 1 N–H and O–H groups in total. The van der Waals surface area contributed by atoms with Crippen molar-refractivity contribution in [3.63, 3.8) is 0 Å². The maximum absolute atomic E-state index is 5.37. The summed E-state index contributed by atoms with van der Waals surface area (Å²) in [5, 5.41) is 3.42. The van der Waals surface area contributed by atoms with Crippen molar-refractivity contribution in [3.8, 4) is 16.9 Å². The van der Waals surface area contributed by atoms with Crippen molar-refractivity contribution >= 4 is 0 Å². The van der Waals surface area contributed by atoms with Crippen LogP contribution in [-0.2, 0) is 6.54 Å². The van der Waals surface area contributed by atoms with Crippen molar-refractivity contribution < 1.29 is 4.74 Å². The Morgan fingerprint density at radius 2 is 1.62 bits per heavy atom. The van der Waals surface area contributed by atoms with E-state index in [4.69, 9.17) is 4.74 Å². The molecule has 0 amide bonds. The van der Waals surface area contributed by atoms with Gasteiger partial charge in [-0.2, -0.15) is 0 Å². The molecule has 0 saturated carbocycles. The Hall–Kier alpha value is -1.80. The van der Waals surface area contributed by atoms with E-state index in [1.165, 1.54) is 33.4 Å². The summed E-state index contributed by atoms with van der Waals surface area (Å²) in [6, 6.07) is 10.9. The van der Waals surface area contributed by atoms with E-state index in [2.05, 4.69) is 57.3 Å². The van der Waals surface area contributed by atoms with Gasteiger partial charge in [0.2, 0.25) is 0 Å². The highest BCUT2D eigenvalue weighted by Crippen LogP contribution is 2.31. The Labute approximate surface area is 128 Å². The maximum Gasteiger partial charge on any atom is 0.119 e. The monoisotopic (exact) mass is 283 g/mol. The number of nitrogens with one attached hydrogen (secondary N) is 1. The first-order valence-electron chi connectivity index (χ1n) is 7.52. The molecule has 2 heteroatoms.